The summed E-state index contributed by atoms with van der Waals surface area (Å²) in [6.07, 6.45) is 1.75. The first-order valence-corrected chi connectivity index (χ1v) is 5.93. The van der Waals surface area contributed by atoms with E-state index in [0.29, 0.717) is 12.2 Å². The summed E-state index contributed by atoms with van der Waals surface area (Å²) in [6.45, 7) is 0. The third-order valence-corrected chi connectivity index (χ3v) is 2.78. The lowest BCUT2D eigenvalue weighted by atomic mass is 10.1. The van der Waals surface area contributed by atoms with E-state index in [0.717, 1.165) is 5.56 Å². The molecule has 1 heterocycles. The van der Waals surface area contributed by atoms with E-state index < -0.39 is 4.92 Å². The molecule has 0 unspecified atom stereocenters. The molecule has 1 aromatic heterocycles. The highest BCUT2D eigenvalue weighted by atomic mass is 32.1. The molecule has 2 rings (SSSR count). The fourth-order valence-corrected chi connectivity index (χ4v) is 1.89. The molecule has 0 fully saturated rings. The van der Waals surface area contributed by atoms with E-state index in [4.69, 9.17) is 12.2 Å². The van der Waals surface area contributed by atoms with Crippen molar-refractivity contribution in [2.24, 2.45) is 0 Å². The molecule has 92 valence electrons. The number of thiocarbonyl (C=S) groups is 1. The number of imidazole rings is 1. The van der Waals surface area contributed by atoms with Crippen LogP contribution in [0.2, 0.25) is 0 Å². The Labute approximate surface area is 114 Å². The molecule has 0 bridgehead atoms. The van der Waals surface area contributed by atoms with Gasteiger partial charge in [0.1, 0.15) is 10.5 Å². The van der Waals surface area contributed by atoms with Crippen molar-refractivity contribution in [1.29, 1.82) is 0 Å². The zero-order chi connectivity index (χ0) is 13.1. The second-order valence-electron chi connectivity index (χ2n) is 3.59. The van der Waals surface area contributed by atoms with Crippen LogP contribution in [0, 0.1) is 10.1 Å². The van der Waals surface area contributed by atoms with Gasteiger partial charge in [-0.15, -0.1) is 12.6 Å². The number of rotatable bonds is 3. The predicted molar refractivity (Wildman–Crippen MR) is 75.1 cm³/mol. The molecular weight excluding hydrogens is 270 g/mol. The average Bonchev–Trinajstić information content (AvgIpc) is 2.74. The Morgan fingerprint density at radius 1 is 1.44 bits per heavy atom. The summed E-state index contributed by atoms with van der Waals surface area (Å²) >= 11 is 8.97. The van der Waals surface area contributed by atoms with Crippen molar-refractivity contribution < 1.29 is 4.92 Å². The first-order valence-electron chi connectivity index (χ1n) is 5.08. The van der Waals surface area contributed by atoms with Crippen molar-refractivity contribution in [3.63, 3.8) is 0 Å². The third-order valence-electron chi connectivity index (χ3n) is 2.36. The first kappa shape index (κ1) is 12.7. The van der Waals surface area contributed by atoms with Gasteiger partial charge in [0, 0.05) is 0 Å². The maximum absolute atomic E-state index is 10.7. The topological polar surface area (TPSA) is 61.0 Å². The number of benzene rings is 1. The third kappa shape index (κ3) is 2.74. The standard InChI is InChI=1S/C11H9N3O2S2/c15-14(16)10-7-13(11(17)18)9(12-10)6-8-4-2-1-3-5-8/h1-5,7H,6H2,(H,17,18). The van der Waals surface area contributed by atoms with Gasteiger partial charge in [-0.2, -0.15) is 0 Å². The second-order valence-corrected chi connectivity index (χ2v) is 4.70. The lowest BCUT2D eigenvalue weighted by molar-refractivity contribution is -0.389. The van der Waals surface area contributed by atoms with E-state index in [-0.39, 0.29) is 10.1 Å². The van der Waals surface area contributed by atoms with Gasteiger partial charge in [0.25, 0.3) is 0 Å². The van der Waals surface area contributed by atoms with Crippen LogP contribution < -0.4 is 0 Å². The molecule has 0 radical (unpaired) electrons. The minimum absolute atomic E-state index is 0.225. The van der Waals surface area contributed by atoms with Gasteiger partial charge in [-0.25, -0.2) is 0 Å². The smallest absolute Gasteiger partial charge is 0.358 e. The molecule has 0 amide bonds. The Morgan fingerprint density at radius 3 is 2.67 bits per heavy atom. The van der Waals surface area contributed by atoms with Gasteiger partial charge in [-0.1, -0.05) is 42.5 Å². The summed E-state index contributed by atoms with van der Waals surface area (Å²) in [7, 11) is 0. The highest BCUT2D eigenvalue weighted by molar-refractivity contribution is 8.11. The van der Waals surface area contributed by atoms with Crippen LogP contribution in [0.15, 0.2) is 36.5 Å². The lowest BCUT2D eigenvalue weighted by Gasteiger charge is -2.00. The molecule has 1 aromatic carbocycles. The Bertz CT molecular complexity index is 596. The van der Waals surface area contributed by atoms with Crippen LogP contribution in [0.1, 0.15) is 11.4 Å². The first-order chi connectivity index (χ1) is 8.58. The zero-order valence-corrected chi connectivity index (χ0v) is 10.9. The predicted octanol–water partition coefficient (Wildman–Crippen LogP) is 2.44. The van der Waals surface area contributed by atoms with E-state index in [9.17, 15) is 10.1 Å². The molecule has 0 aliphatic rings. The van der Waals surface area contributed by atoms with Gasteiger partial charge in [0.15, 0.2) is 0 Å². The van der Waals surface area contributed by atoms with Crippen molar-refractivity contribution >= 4 is 35.0 Å². The van der Waals surface area contributed by atoms with Gasteiger partial charge in [-0.3, -0.25) is 4.57 Å². The zero-order valence-electron chi connectivity index (χ0n) is 9.18. The Hall–Kier alpha value is -1.73. The van der Waals surface area contributed by atoms with Crippen molar-refractivity contribution in [3.8, 4) is 0 Å². The minimum atomic E-state index is -0.545. The molecule has 2 aromatic rings. The van der Waals surface area contributed by atoms with Crippen LogP contribution in [0.5, 0.6) is 0 Å². The van der Waals surface area contributed by atoms with E-state index in [2.05, 4.69) is 17.6 Å². The summed E-state index contributed by atoms with van der Waals surface area (Å²) in [5.41, 5.74) is 1.00. The maximum Gasteiger partial charge on any atom is 0.382 e. The summed E-state index contributed by atoms with van der Waals surface area (Å²) in [5.74, 6) is 0.283. The number of thiol groups is 1. The normalized spacial score (nSPS) is 10.3. The fourth-order valence-electron chi connectivity index (χ4n) is 1.56. The Kier molecular flexibility index (Phi) is 3.73. The highest BCUT2D eigenvalue weighted by Gasteiger charge is 2.19. The summed E-state index contributed by atoms with van der Waals surface area (Å²) in [6, 6.07) is 9.55. The van der Waals surface area contributed by atoms with Crippen LogP contribution in [0.4, 0.5) is 5.82 Å². The second kappa shape index (κ2) is 5.28. The van der Waals surface area contributed by atoms with Crippen molar-refractivity contribution in [2.75, 3.05) is 0 Å². The van der Waals surface area contributed by atoms with Crippen LogP contribution >= 0.6 is 24.8 Å². The molecule has 0 aliphatic heterocycles. The summed E-state index contributed by atoms with van der Waals surface area (Å²) in [5, 5.41) is 10.7. The van der Waals surface area contributed by atoms with Gasteiger partial charge in [0.2, 0.25) is 5.82 Å². The van der Waals surface area contributed by atoms with E-state index in [1.54, 1.807) is 0 Å². The van der Waals surface area contributed by atoms with Gasteiger partial charge >= 0.3 is 5.82 Å². The SMILES string of the molecule is O=[N+]([O-])c1cn(C(=S)S)c(Cc2ccccc2)n1. The molecule has 5 nitrogen and oxygen atoms in total. The summed E-state index contributed by atoms with van der Waals surface area (Å²) < 4.78 is 1.69. The van der Waals surface area contributed by atoms with Crippen molar-refractivity contribution in [2.45, 2.75) is 6.42 Å². The monoisotopic (exact) mass is 279 g/mol. The molecule has 0 saturated carbocycles. The number of hydrogen-bond donors (Lipinski definition) is 1. The quantitative estimate of drug-likeness (QED) is 0.406. The van der Waals surface area contributed by atoms with E-state index in [1.165, 1.54) is 10.8 Å². The molecule has 0 aliphatic carbocycles. The molecule has 18 heavy (non-hydrogen) atoms. The van der Waals surface area contributed by atoms with E-state index >= 15 is 0 Å². The van der Waals surface area contributed by atoms with E-state index in [1.807, 2.05) is 30.3 Å². The number of aromatic nitrogens is 2. The van der Waals surface area contributed by atoms with Crippen LogP contribution in [-0.2, 0) is 6.42 Å². The number of nitrogens with zero attached hydrogens (tertiary/aromatic N) is 3. The van der Waals surface area contributed by atoms with Gasteiger partial charge in [0.05, 0.1) is 6.42 Å². The molecule has 0 spiro atoms. The van der Waals surface area contributed by atoms with Crippen LogP contribution in [0.25, 0.3) is 0 Å². The Morgan fingerprint density at radius 2 is 2.11 bits per heavy atom. The molecule has 0 atom stereocenters. The van der Waals surface area contributed by atoms with Crippen molar-refractivity contribution in [3.05, 3.63) is 58.0 Å². The minimum Gasteiger partial charge on any atom is -0.358 e. The lowest BCUT2D eigenvalue weighted by Crippen LogP contribution is -2.06. The fraction of sp³-hybridized carbons (Fsp3) is 0.0909. The molecule has 7 heteroatoms. The molecule has 0 N–H and O–H groups in total. The average molecular weight is 279 g/mol. The number of hydrogen-bond acceptors (Lipinski definition) is 4. The Balaban J connectivity index is 2.37. The highest BCUT2D eigenvalue weighted by Crippen LogP contribution is 2.15. The van der Waals surface area contributed by atoms with Crippen molar-refractivity contribution in [1.82, 2.24) is 9.55 Å². The molecular formula is C11H9N3O2S2. The molecule has 0 saturated heterocycles. The van der Waals surface area contributed by atoms with Gasteiger partial charge < -0.3 is 10.1 Å². The van der Waals surface area contributed by atoms with Crippen LogP contribution in [0.3, 0.4) is 0 Å². The van der Waals surface area contributed by atoms with Crippen LogP contribution in [-0.4, -0.2) is 18.8 Å². The maximum atomic E-state index is 10.7. The summed E-state index contributed by atoms with van der Waals surface area (Å²) in [4.78, 5) is 14.1. The largest absolute Gasteiger partial charge is 0.382 e. The van der Waals surface area contributed by atoms with Gasteiger partial charge in [-0.05, 0) is 15.5 Å². The number of nitro groups is 1.